The first-order valence-corrected chi connectivity index (χ1v) is 5.16. The van der Waals surface area contributed by atoms with Crippen LogP contribution in [0.25, 0.3) is 0 Å². The van der Waals surface area contributed by atoms with Gasteiger partial charge in [-0.3, -0.25) is 4.79 Å². The topological polar surface area (TPSA) is 87.1 Å². The molecule has 2 heterocycles. The molecule has 0 radical (unpaired) electrons. The van der Waals surface area contributed by atoms with Gasteiger partial charge in [-0.05, 0) is 6.92 Å². The monoisotopic (exact) mass is 229 g/mol. The smallest absolute Gasteiger partial charge is 0.338 e. The van der Waals surface area contributed by atoms with E-state index >= 15 is 0 Å². The third-order valence-corrected chi connectivity index (χ3v) is 4.07. The number of carbonyl (C=O) groups excluding carboxylic acids is 2. The molecule has 2 aliphatic heterocycles. The van der Waals surface area contributed by atoms with Crippen LogP contribution in [0.2, 0.25) is 0 Å². The van der Waals surface area contributed by atoms with Crippen LogP contribution in [0.1, 0.15) is 13.8 Å². The number of hydrogen-bond acceptors (Lipinski definition) is 5. The van der Waals surface area contributed by atoms with Crippen LogP contribution in [0.15, 0.2) is 0 Å². The predicted octanol–water partition coefficient (Wildman–Crippen LogP) is -1.50. The van der Waals surface area contributed by atoms with Gasteiger partial charge in [-0.2, -0.15) is 0 Å². The van der Waals surface area contributed by atoms with E-state index in [4.69, 9.17) is 4.74 Å². The van der Waals surface area contributed by atoms with Gasteiger partial charge in [-0.1, -0.05) is 6.92 Å². The summed E-state index contributed by atoms with van der Waals surface area (Å²) in [6, 6.07) is 0. The maximum absolute atomic E-state index is 11.8. The minimum atomic E-state index is -1.66. The summed E-state index contributed by atoms with van der Waals surface area (Å²) in [4.78, 5) is 24.7. The first kappa shape index (κ1) is 11.3. The molecule has 2 fully saturated rings. The zero-order valence-corrected chi connectivity index (χ0v) is 9.43. The fraction of sp³-hybridized carbons (Fsp3) is 0.800. The largest absolute Gasteiger partial charge is 0.458 e. The number of aliphatic hydroxyl groups excluding tert-OH is 1. The highest BCUT2D eigenvalue weighted by atomic mass is 16.6. The molecule has 0 aromatic rings. The molecular formula is C10H15NO5. The van der Waals surface area contributed by atoms with Crippen molar-refractivity contribution >= 4 is 11.9 Å². The second-order valence-electron chi connectivity index (χ2n) is 4.51. The van der Waals surface area contributed by atoms with Crippen LogP contribution in [-0.2, 0) is 14.3 Å². The van der Waals surface area contributed by atoms with E-state index in [0.29, 0.717) is 0 Å². The van der Waals surface area contributed by atoms with Gasteiger partial charge >= 0.3 is 5.97 Å². The Morgan fingerprint density at radius 1 is 1.44 bits per heavy atom. The van der Waals surface area contributed by atoms with E-state index in [-0.39, 0.29) is 5.91 Å². The Morgan fingerprint density at radius 2 is 2.00 bits per heavy atom. The molecule has 0 aromatic heterocycles. The lowest BCUT2D eigenvalue weighted by molar-refractivity contribution is -0.155. The Hall–Kier alpha value is -1.14. The molecule has 2 saturated heterocycles. The lowest BCUT2D eigenvalue weighted by Crippen LogP contribution is -2.63. The lowest BCUT2D eigenvalue weighted by atomic mass is 9.75. The van der Waals surface area contributed by atoms with Gasteiger partial charge in [0.05, 0.1) is 12.5 Å². The van der Waals surface area contributed by atoms with Crippen molar-refractivity contribution in [1.29, 1.82) is 0 Å². The molecule has 0 spiro atoms. The van der Waals surface area contributed by atoms with Gasteiger partial charge < -0.3 is 19.8 Å². The standard InChI is InChI=1S/C10H15NO5/c1-5-7(13)11(3)9(4-12)8(14)16-6(2)10(5,9)15/h5-6,12,15H,4H2,1-3H3/t5?,6-,9?,10?/m1/s1. The van der Waals surface area contributed by atoms with Crippen LogP contribution in [0.3, 0.4) is 0 Å². The summed E-state index contributed by atoms with van der Waals surface area (Å²) in [6.45, 7) is 2.42. The van der Waals surface area contributed by atoms with E-state index in [1.54, 1.807) is 0 Å². The van der Waals surface area contributed by atoms with E-state index in [1.807, 2.05) is 0 Å². The summed E-state index contributed by atoms with van der Waals surface area (Å²) in [5, 5.41) is 20.0. The van der Waals surface area contributed by atoms with Crippen LogP contribution in [0.4, 0.5) is 0 Å². The predicted molar refractivity (Wildman–Crippen MR) is 52.3 cm³/mol. The molecule has 0 saturated carbocycles. The average Bonchev–Trinajstić information content (AvgIpc) is 2.53. The van der Waals surface area contributed by atoms with Crippen LogP contribution < -0.4 is 0 Å². The quantitative estimate of drug-likeness (QED) is 0.534. The number of likely N-dealkylation sites (N-methyl/N-ethyl adjacent to an activating group) is 1. The Morgan fingerprint density at radius 3 is 2.44 bits per heavy atom. The van der Waals surface area contributed by atoms with Crippen LogP contribution in [-0.4, -0.2) is 57.9 Å². The Bertz CT molecular complexity index is 370. The van der Waals surface area contributed by atoms with Crippen LogP contribution in [0.5, 0.6) is 0 Å². The molecule has 1 amide bonds. The SMILES string of the molecule is CC1C(=O)N(C)C2(CO)C(=O)O[C@H](C)C12O. The second-order valence-corrected chi connectivity index (χ2v) is 4.51. The van der Waals surface area contributed by atoms with Gasteiger partial charge in [-0.15, -0.1) is 0 Å². The maximum atomic E-state index is 11.8. The first-order valence-electron chi connectivity index (χ1n) is 5.16. The van der Waals surface area contributed by atoms with Crippen molar-refractivity contribution in [2.75, 3.05) is 13.7 Å². The second kappa shape index (κ2) is 2.95. The summed E-state index contributed by atoms with van der Waals surface area (Å²) in [7, 11) is 1.40. The molecule has 6 nitrogen and oxygen atoms in total. The third-order valence-electron chi connectivity index (χ3n) is 4.07. The number of ether oxygens (including phenoxy) is 1. The molecule has 0 aliphatic carbocycles. The molecular weight excluding hydrogens is 214 g/mol. The summed E-state index contributed by atoms with van der Waals surface area (Å²) in [6.07, 6.45) is -0.809. The molecule has 90 valence electrons. The van der Waals surface area contributed by atoms with Gasteiger partial charge in [0.1, 0.15) is 11.7 Å². The highest BCUT2D eigenvalue weighted by Crippen LogP contribution is 2.50. The number of carbonyl (C=O) groups is 2. The molecule has 6 heteroatoms. The van der Waals surface area contributed by atoms with Crippen molar-refractivity contribution < 1.29 is 24.5 Å². The minimum Gasteiger partial charge on any atom is -0.458 e. The molecule has 4 atom stereocenters. The molecule has 2 rings (SSSR count). The minimum absolute atomic E-state index is 0.361. The molecule has 16 heavy (non-hydrogen) atoms. The zero-order chi connectivity index (χ0) is 12.3. The summed E-state index contributed by atoms with van der Waals surface area (Å²) in [5.41, 5.74) is -3.31. The fourth-order valence-corrected chi connectivity index (χ4v) is 2.93. The number of rotatable bonds is 1. The van der Waals surface area contributed by atoms with Crippen molar-refractivity contribution in [3.05, 3.63) is 0 Å². The van der Waals surface area contributed by atoms with Crippen molar-refractivity contribution in [1.82, 2.24) is 4.90 Å². The molecule has 0 bridgehead atoms. The lowest BCUT2D eigenvalue weighted by Gasteiger charge is -2.36. The number of nitrogens with zero attached hydrogens (tertiary/aromatic N) is 1. The van der Waals surface area contributed by atoms with E-state index < -0.39 is 35.7 Å². The number of likely N-dealkylation sites (tertiary alicyclic amines) is 1. The Kier molecular flexibility index (Phi) is 2.09. The third kappa shape index (κ3) is 0.824. The summed E-state index contributed by atoms with van der Waals surface area (Å²) < 4.78 is 4.97. The number of amides is 1. The zero-order valence-electron chi connectivity index (χ0n) is 9.43. The summed E-state index contributed by atoms with van der Waals surface area (Å²) in [5.74, 6) is -1.88. The van der Waals surface area contributed by atoms with Gasteiger partial charge in [0.2, 0.25) is 5.91 Å². The van der Waals surface area contributed by atoms with Gasteiger partial charge in [0.25, 0.3) is 0 Å². The number of cyclic esters (lactones) is 1. The number of aliphatic hydroxyl groups is 2. The van der Waals surface area contributed by atoms with E-state index in [1.165, 1.54) is 20.9 Å². The first-order chi connectivity index (χ1) is 7.34. The van der Waals surface area contributed by atoms with Crippen LogP contribution in [0, 0.1) is 5.92 Å². The van der Waals surface area contributed by atoms with E-state index in [9.17, 15) is 19.8 Å². The van der Waals surface area contributed by atoms with Crippen molar-refractivity contribution in [3.63, 3.8) is 0 Å². The van der Waals surface area contributed by atoms with E-state index in [2.05, 4.69) is 0 Å². The van der Waals surface area contributed by atoms with E-state index in [0.717, 1.165) is 4.90 Å². The van der Waals surface area contributed by atoms with Gasteiger partial charge in [0, 0.05) is 7.05 Å². The van der Waals surface area contributed by atoms with Crippen molar-refractivity contribution in [2.45, 2.75) is 31.1 Å². The number of hydrogen-bond donors (Lipinski definition) is 2. The van der Waals surface area contributed by atoms with Gasteiger partial charge in [-0.25, -0.2) is 4.79 Å². The molecule has 2 aliphatic rings. The van der Waals surface area contributed by atoms with Gasteiger partial charge in [0.15, 0.2) is 5.54 Å². The Balaban J connectivity index is 2.65. The fourth-order valence-electron chi connectivity index (χ4n) is 2.93. The normalized spacial score (nSPS) is 47.2. The van der Waals surface area contributed by atoms with Crippen molar-refractivity contribution in [2.24, 2.45) is 5.92 Å². The molecule has 3 unspecified atom stereocenters. The highest BCUT2D eigenvalue weighted by molar-refractivity contribution is 5.98. The Labute approximate surface area is 92.8 Å². The van der Waals surface area contributed by atoms with Crippen LogP contribution >= 0.6 is 0 Å². The number of fused-ring (bicyclic) bond motifs is 1. The molecule has 2 N–H and O–H groups in total. The van der Waals surface area contributed by atoms with Crippen molar-refractivity contribution in [3.8, 4) is 0 Å². The summed E-state index contributed by atoms with van der Waals surface area (Å²) >= 11 is 0. The highest BCUT2D eigenvalue weighted by Gasteiger charge is 2.76. The number of esters is 1. The molecule has 0 aromatic carbocycles. The maximum Gasteiger partial charge on any atom is 0.338 e. The average molecular weight is 229 g/mol.